The molecular weight excluding hydrogens is 174 g/mol. The highest BCUT2D eigenvalue weighted by molar-refractivity contribution is 5.89. The maximum absolute atomic E-state index is 4.48. The maximum Gasteiger partial charge on any atom is 0.195 e. The van der Waals surface area contributed by atoms with Crippen molar-refractivity contribution in [2.45, 2.75) is 6.54 Å². The van der Waals surface area contributed by atoms with E-state index in [-0.39, 0.29) is 0 Å². The van der Waals surface area contributed by atoms with Crippen LogP contribution in [-0.4, -0.2) is 27.5 Å². The molecule has 1 N–H and O–H groups in total. The molecule has 74 valence electrons. The number of quaternary nitrogens is 1. The molecule has 1 heterocycles. The van der Waals surface area contributed by atoms with Crippen molar-refractivity contribution in [1.29, 1.82) is 0 Å². The molecule has 2 rings (SSSR count). The number of nitrogens with one attached hydrogen (secondary N) is 1. The maximum atomic E-state index is 4.48. The summed E-state index contributed by atoms with van der Waals surface area (Å²) in [5, 5.41) is 3.16. The molecule has 0 atom stereocenters. The Labute approximate surface area is 84.7 Å². The molecule has 1 aromatic rings. The molecule has 0 saturated heterocycles. The molecule has 1 aliphatic rings. The Balaban J connectivity index is 2.50. The molecule has 0 amide bonds. The van der Waals surface area contributed by atoms with Gasteiger partial charge in [-0.05, 0) is 12.6 Å². The summed E-state index contributed by atoms with van der Waals surface area (Å²) in [6.45, 7) is 0.876. The number of aliphatic imine (C=N–C) groups is 1. The van der Waals surface area contributed by atoms with Gasteiger partial charge in [0.15, 0.2) is 12.0 Å². The predicted octanol–water partition coefficient (Wildman–Crippen LogP) is 1.65. The largest absolute Gasteiger partial charge is 0.316 e. The highest BCUT2D eigenvalue weighted by Crippen LogP contribution is 2.38. The summed E-state index contributed by atoms with van der Waals surface area (Å²) in [5.74, 6) is 0. The van der Waals surface area contributed by atoms with Crippen molar-refractivity contribution in [3.8, 4) is 0 Å². The van der Waals surface area contributed by atoms with E-state index in [1.54, 1.807) is 0 Å². The summed E-state index contributed by atoms with van der Waals surface area (Å²) in [5.41, 5.74) is 3.68. The fourth-order valence-electron chi connectivity index (χ4n) is 1.79. The molecule has 3 heteroatoms. The molecule has 0 spiro atoms. The quantitative estimate of drug-likeness (QED) is 0.704. The van der Waals surface area contributed by atoms with Crippen molar-refractivity contribution in [2.75, 3.05) is 21.1 Å². The van der Waals surface area contributed by atoms with Crippen LogP contribution in [-0.2, 0) is 6.54 Å². The molecule has 0 radical (unpaired) electrons. The van der Waals surface area contributed by atoms with Crippen LogP contribution < -0.4 is 9.80 Å². The summed E-state index contributed by atoms with van der Waals surface area (Å²) >= 11 is 0. The van der Waals surface area contributed by atoms with Crippen molar-refractivity contribution in [2.24, 2.45) is 4.99 Å². The van der Waals surface area contributed by atoms with Crippen LogP contribution in [0.5, 0.6) is 0 Å². The van der Waals surface area contributed by atoms with Gasteiger partial charge in [-0.15, -0.1) is 0 Å². The van der Waals surface area contributed by atoms with Crippen LogP contribution in [0.4, 0.5) is 11.4 Å². The number of hydrogen-bond acceptors (Lipinski definition) is 2. The number of rotatable bonds is 2. The summed E-state index contributed by atoms with van der Waals surface area (Å²) in [6, 6.07) is 6.36. The fourth-order valence-corrected chi connectivity index (χ4v) is 1.79. The molecule has 0 aromatic heterocycles. The van der Waals surface area contributed by atoms with E-state index >= 15 is 0 Å². The lowest BCUT2D eigenvalue weighted by Crippen LogP contribution is -2.36. The summed E-state index contributed by atoms with van der Waals surface area (Å²) in [7, 11) is 6.23. The van der Waals surface area contributed by atoms with Gasteiger partial charge in [0, 0.05) is 12.6 Å². The summed E-state index contributed by atoms with van der Waals surface area (Å²) in [4.78, 5) is 4.48. The third kappa shape index (κ3) is 1.35. The minimum absolute atomic E-state index is 0.743. The highest BCUT2D eigenvalue weighted by atomic mass is 15.4. The minimum atomic E-state index is 0.743. The van der Waals surface area contributed by atoms with Crippen LogP contribution in [0.1, 0.15) is 5.56 Å². The zero-order valence-corrected chi connectivity index (χ0v) is 8.91. The molecule has 0 aliphatic carbocycles. The molecule has 3 nitrogen and oxygen atoms in total. The third-order valence-electron chi connectivity index (χ3n) is 2.56. The van der Waals surface area contributed by atoms with Gasteiger partial charge in [-0.25, -0.2) is 0 Å². The van der Waals surface area contributed by atoms with Crippen LogP contribution in [0, 0.1) is 0 Å². The first-order valence-corrected chi connectivity index (χ1v) is 4.81. The van der Waals surface area contributed by atoms with E-state index in [4.69, 9.17) is 0 Å². The molecule has 1 aromatic carbocycles. The Hall–Kier alpha value is -1.19. The molecular formula is C11H16N3+. The van der Waals surface area contributed by atoms with Gasteiger partial charge < -0.3 is 5.32 Å². The Kier molecular flexibility index (Phi) is 2.13. The van der Waals surface area contributed by atoms with E-state index < -0.39 is 0 Å². The van der Waals surface area contributed by atoms with E-state index in [0.29, 0.717) is 0 Å². The number of nitrogens with zero attached hydrogens (tertiary/aromatic N) is 2. The van der Waals surface area contributed by atoms with Gasteiger partial charge in [0.2, 0.25) is 0 Å². The normalized spacial score (nSPS) is 17.1. The number of fused-ring (bicyclic) bond motifs is 1. The number of para-hydroxylation sites is 1. The fraction of sp³-hybridized carbons (Fsp3) is 0.364. The van der Waals surface area contributed by atoms with Gasteiger partial charge in [-0.3, -0.25) is 4.48 Å². The summed E-state index contributed by atoms with van der Waals surface area (Å²) < 4.78 is 0.743. The third-order valence-corrected chi connectivity index (χ3v) is 2.56. The topological polar surface area (TPSA) is 24.4 Å². The summed E-state index contributed by atoms with van der Waals surface area (Å²) in [6.07, 6.45) is 1.98. The van der Waals surface area contributed by atoms with Gasteiger partial charge in [-0.1, -0.05) is 12.1 Å². The molecule has 1 aliphatic heterocycles. The van der Waals surface area contributed by atoms with Crippen LogP contribution >= 0.6 is 0 Å². The van der Waals surface area contributed by atoms with Crippen molar-refractivity contribution in [1.82, 2.24) is 9.80 Å². The van der Waals surface area contributed by atoms with Crippen molar-refractivity contribution >= 4 is 17.7 Å². The second-order valence-electron chi connectivity index (χ2n) is 4.10. The monoisotopic (exact) mass is 190 g/mol. The van der Waals surface area contributed by atoms with E-state index in [9.17, 15) is 0 Å². The Bertz CT molecular complexity index is 380. The first-order chi connectivity index (χ1) is 6.65. The number of benzene rings is 1. The average Bonchev–Trinajstić information content (AvgIpc) is 2.45. The van der Waals surface area contributed by atoms with E-state index in [2.05, 4.69) is 42.6 Å². The second-order valence-corrected chi connectivity index (χ2v) is 4.10. The zero-order chi connectivity index (χ0) is 10.2. The van der Waals surface area contributed by atoms with Crippen LogP contribution in [0.2, 0.25) is 0 Å². The minimum Gasteiger partial charge on any atom is -0.316 e. The standard InChI is InChI=1S/C11H16N3/c1-12-7-9-5-4-6-10-11(9)13-8-14(10,2)3/h4-6,8,12H,7H2,1-3H3/q+1. The van der Waals surface area contributed by atoms with Gasteiger partial charge >= 0.3 is 0 Å². The molecule has 0 saturated carbocycles. The molecule has 0 unspecified atom stereocenters. The smallest absolute Gasteiger partial charge is 0.195 e. The van der Waals surface area contributed by atoms with Gasteiger partial charge in [0.25, 0.3) is 0 Å². The van der Waals surface area contributed by atoms with Crippen LogP contribution in [0.15, 0.2) is 23.2 Å². The van der Waals surface area contributed by atoms with Crippen LogP contribution in [0.3, 0.4) is 0 Å². The predicted molar refractivity (Wildman–Crippen MR) is 61.0 cm³/mol. The van der Waals surface area contributed by atoms with Gasteiger partial charge in [0.1, 0.15) is 5.69 Å². The van der Waals surface area contributed by atoms with Crippen molar-refractivity contribution in [3.63, 3.8) is 0 Å². The van der Waals surface area contributed by atoms with E-state index in [1.165, 1.54) is 11.3 Å². The lowest BCUT2D eigenvalue weighted by Gasteiger charge is -2.19. The molecule has 14 heavy (non-hydrogen) atoms. The second kappa shape index (κ2) is 3.19. The van der Waals surface area contributed by atoms with E-state index in [0.717, 1.165) is 16.7 Å². The SMILES string of the molecule is CNCc1cccc2c1N=C[N+]2(C)C. The lowest BCUT2D eigenvalue weighted by molar-refractivity contribution is 0.624. The molecule has 0 fully saturated rings. The first kappa shape index (κ1) is 9.37. The van der Waals surface area contributed by atoms with Crippen LogP contribution in [0.25, 0.3) is 0 Å². The van der Waals surface area contributed by atoms with Gasteiger partial charge in [-0.2, -0.15) is 4.99 Å². The Morgan fingerprint density at radius 1 is 1.36 bits per heavy atom. The van der Waals surface area contributed by atoms with E-state index in [1.807, 2.05) is 13.4 Å². The van der Waals surface area contributed by atoms with Gasteiger partial charge in [0.05, 0.1) is 14.1 Å². The zero-order valence-electron chi connectivity index (χ0n) is 8.91. The number of hydrogen-bond donors (Lipinski definition) is 1. The first-order valence-electron chi connectivity index (χ1n) is 4.81. The highest BCUT2D eigenvalue weighted by Gasteiger charge is 2.28. The Morgan fingerprint density at radius 2 is 2.14 bits per heavy atom. The molecule has 0 bridgehead atoms. The van der Waals surface area contributed by atoms with Crippen molar-refractivity contribution < 1.29 is 0 Å². The Morgan fingerprint density at radius 3 is 2.86 bits per heavy atom. The average molecular weight is 190 g/mol. The lowest BCUT2D eigenvalue weighted by atomic mass is 10.1. The van der Waals surface area contributed by atoms with Crippen molar-refractivity contribution in [3.05, 3.63) is 23.8 Å².